The first kappa shape index (κ1) is 15.8. The van der Waals surface area contributed by atoms with Crippen LogP contribution in [0.1, 0.15) is 34.1 Å². The normalized spacial score (nSPS) is 34.5. The van der Waals surface area contributed by atoms with Crippen molar-refractivity contribution in [2.75, 3.05) is 13.2 Å². The zero-order chi connectivity index (χ0) is 14.0. The Morgan fingerprint density at radius 1 is 1.28 bits per heavy atom. The van der Waals surface area contributed by atoms with Crippen LogP contribution in [-0.2, 0) is 14.2 Å². The van der Waals surface area contributed by atoms with Crippen LogP contribution >= 0.6 is 0 Å². The summed E-state index contributed by atoms with van der Waals surface area (Å²) in [6.07, 6.45) is 1.09. The van der Waals surface area contributed by atoms with E-state index in [1.165, 1.54) is 13.8 Å². The van der Waals surface area contributed by atoms with Crippen LogP contribution < -0.4 is 5.73 Å². The van der Waals surface area contributed by atoms with E-state index in [0.717, 1.165) is 13.0 Å². The van der Waals surface area contributed by atoms with Gasteiger partial charge in [0.2, 0.25) is 0 Å². The number of ether oxygens (including phenoxy) is 3. The summed E-state index contributed by atoms with van der Waals surface area (Å²) >= 11 is 0. The Labute approximate surface area is 108 Å². The van der Waals surface area contributed by atoms with Crippen LogP contribution in [0.2, 0.25) is 0 Å². The Morgan fingerprint density at radius 3 is 2.33 bits per heavy atom. The average molecular weight is 263 g/mol. The predicted octanol–water partition coefficient (Wildman–Crippen LogP) is -0.0388. The minimum absolute atomic E-state index is 0.000486. The summed E-state index contributed by atoms with van der Waals surface area (Å²) in [5.41, 5.74) is 5.59. The van der Waals surface area contributed by atoms with E-state index < -0.39 is 11.6 Å². The van der Waals surface area contributed by atoms with Gasteiger partial charge in [0.1, 0.15) is 6.10 Å². The van der Waals surface area contributed by atoms with Gasteiger partial charge in [-0.25, -0.2) is 0 Å². The fourth-order valence-corrected chi connectivity index (χ4v) is 2.03. The number of hydrogen-bond donors (Lipinski definition) is 3. The predicted molar refractivity (Wildman–Crippen MR) is 65.8 cm³/mol. The molecule has 0 amide bonds. The summed E-state index contributed by atoms with van der Waals surface area (Å²) < 4.78 is 17.0. The molecule has 0 aromatic carbocycles. The van der Waals surface area contributed by atoms with Crippen molar-refractivity contribution in [3.05, 3.63) is 0 Å². The lowest BCUT2D eigenvalue weighted by molar-refractivity contribution is -0.152. The van der Waals surface area contributed by atoms with Crippen LogP contribution in [-0.4, -0.2) is 53.3 Å². The molecule has 2 rings (SSSR count). The summed E-state index contributed by atoms with van der Waals surface area (Å²) in [4.78, 5) is 0. The van der Waals surface area contributed by atoms with Gasteiger partial charge in [0.25, 0.3) is 0 Å². The van der Waals surface area contributed by atoms with Crippen LogP contribution in [0.5, 0.6) is 0 Å². The molecule has 18 heavy (non-hydrogen) atoms. The van der Waals surface area contributed by atoms with E-state index in [0.29, 0.717) is 6.54 Å². The maximum absolute atomic E-state index is 8.08. The second-order valence-corrected chi connectivity index (χ2v) is 5.57. The Balaban J connectivity index is 0.000000280. The lowest BCUT2D eigenvalue weighted by atomic mass is 10.0. The Kier molecular flexibility index (Phi) is 5.11. The van der Waals surface area contributed by atoms with Crippen LogP contribution in [0.25, 0.3) is 0 Å². The van der Waals surface area contributed by atoms with Gasteiger partial charge in [-0.2, -0.15) is 0 Å². The molecule has 0 bridgehead atoms. The van der Waals surface area contributed by atoms with Gasteiger partial charge in [0.05, 0.1) is 12.2 Å². The van der Waals surface area contributed by atoms with Gasteiger partial charge in [-0.05, 0) is 34.1 Å². The van der Waals surface area contributed by atoms with Gasteiger partial charge in [0.15, 0.2) is 11.6 Å². The average Bonchev–Trinajstić information content (AvgIpc) is 2.48. The zero-order valence-electron chi connectivity index (χ0n) is 11.5. The lowest BCUT2D eigenvalue weighted by Crippen LogP contribution is -2.46. The molecule has 2 fully saturated rings. The molecular weight excluding hydrogens is 238 g/mol. The molecule has 3 atom stereocenters. The van der Waals surface area contributed by atoms with Crippen LogP contribution in [0.4, 0.5) is 0 Å². The quantitative estimate of drug-likeness (QED) is 0.575. The zero-order valence-corrected chi connectivity index (χ0v) is 11.5. The fraction of sp³-hybridized carbons (Fsp3) is 1.00. The van der Waals surface area contributed by atoms with Crippen LogP contribution in [0.3, 0.4) is 0 Å². The van der Waals surface area contributed by atoms with Crippen molar-refractivity contribution in [3.63, 3.8) is 0 Å². The standard InChI is InChI=1S/C9H17NO3.C3H8O2/c1-9(2)12-6-3-4-11-7(5-10)8(6)13-9;1-3(2,4)5/h6-8H,3-5,10H2,1-2H3;4-5H,1-2H3/t6?,7-,8?;/m1./s1. The fourth-order valence-electron chi connectivity index (χ4n) is 2.03. The van der Waals surface area contributed by atoms with Crippen LogP contribution in [0.15, 0.2) is 0 Å². The highest BCUT2D eigenvalue weighted by atomic mass is 16.8. The van der Waals surface area contributed by atoms with E-state index in [-0.39, 0.29) is 18.3 Å². The topological polar surface area (TPSA) is 94.2 Å². The van der Waals surface area contributed by atoms with Crippen LogP contribution in [0, 0.1) is 0 Å². The minimum atomic E-state index is -1.50. The molecule has 0 aromatic heterocycles. The number of fused-ring (bicyclic) bond motifs is 1. The monoisotopic (exact) mass is 263 g/mol. The third-order valence-electron chi connectivity index (χ3n) is 2.55. The Morgan fingerprint density at radius 2 is 1.83 bits per heavy atom. The van der Waals surface area contributed by atoms with Crippen molar-refractivity contribution >= 4 is 0 Å². The van der Waals surface area contributed by atoms with Gasteiger partial charge < -0.3 is 30.2 Å². The van der Waals surface area contributed by atoms with Crippen molar-refractivity contribution in [2.24, 2.45) is 5.73 Å². The summed E-state index contributed by atoms with van der Waals surface area (Å²) in [7, 11) is 0. The van der Waals surface area contributed by atoms with Crippen molar-refractivity contribution in [2.45, 2.75) is 64.0 Å². The molecule has 0 aliphatic carbocycles. The highest BCUT2D eigenvalue weighted by molar-refractivity contribution is 4.90. The summed E-state index contributed by atoms with van der Waals surface area (Å²) in [6, 6.07) is 0. The van der Waals surface area contributed by atoms with Gasteiger partial charge in [-0.15, -0.1) is 0 Å². The highest BCUT2D eigenvalue weighted by Crippen LogP contribution is 2.34. The number of nitrogens with two attached hydrogens (primary N) is 1. The number of hydrogen-bond acceptors (Lipinski definition) is 6. The first-order chi connectivity index (χ1) is 8.12. The summed E-state index contributed by atoms with van der Waals surface area (Å²) in [6.45, 7) is 7.68. The molecule has 0 radical (unpaired) electrons. The largest absolute Gasteiger partial charge is 0.374 e. The minimum Gasteiger partial charge on any atom is -0.374 e. The Bertz CT molecular complexity index is 258. The maximum Gasteiger partial charge on any atom is 0.163 e. The Hall–Kier alpha value is -0.240. The van der Waals surface area contributed by atoms with Crippen molar-refractivity contribution < 1.29 is 24.4 Å². The van der Waals surface area contributed by atoms with Gasteiger partial charge in [-0.1, -0.05) is 0 Å². The van der Waals surface area contributed by atoms with E-state index >= 15 is 0 Å². The van der Waals surface area contributed by atoms with E-state index in [2.05, 4.69) is 0 Å². The lowest BCUT2D eigenvalue weighted by Gasteiger charge is -2.30. The number of rotatable bonds is 1. The molecule has 0 saturated carbocycles. The molecule has 4 N–H and O–H groups in total. The third kappa shape index (κ3) is 5.17. The van der Waals surface area contributed by atoms with E-state index in [9.17, 15) is 0 Å². The molecule has 2 aliphatic heterocycles. The molecule has 6 nitrogen and oxygen atoms in total. The maximum atomic E-state index is 8.08. The van der Waals surface area contributed by atoms with E-state index in [1.807, 2.05) is 13.8 Å². The smallest absolute Gasteiger partial charge is 0.163 e. The van der Waals surface area contributed by atoms with Crippen molar-refractivity contribution in [1.82, 2.24) is 0 Å². The molecule has 108 valence electrons. The molecule has 0 spiro atoms. The van der Waals surface area contributed by atoms with Gasteiger partial charge >= 0.3 is 0 Å². The van der Waals surface area contributed by atoms with E-state index in [1.54, 1.807) is 0 Å². The second kappa shape index (κ2) is 5.81. The molecule has 2 saturated heterocycles. The van der Waals surface area contributed by atoms with Gasteiger partial charge in [0, 0.05) is 13.2 Å². The summed E-state index contributed by atoms with van der Waals surface area (Å²) in [5, 5.41) is 16.2. The molecule has 2 unspecified atom stereocenters. The molecular formula is C12H25NO5. The molecule has 6 heteroatoms. The molecule has 2 heterocycles. The SMILES string of the molecule is CC(C)(O)O.CC1(C)OC2CCO[C@H](CN)C2O1. The molecule has 2 aliphatic rings. The second-order valence-electron chi connectivity index (χ2n) is 5.57. The van der Waals surface area contributed by atoms with Crippen molar-refractivity contribution in [1.29, 1.82) is 0 Å². The highest BCUT2D eigenvalue weighted by Gasteiger charge is 2.46. The first-order valence-electron chi connectivity index (χ1n) is 6.24. The van der Waals surface area contributed by atoms with Crippen molar-refractivity contribution in [3.8, 4) is 0 Å². The number of aliphatic hydroxyl groups is 2. The molecule has 0 aromatic rings. The van der Waals surface area contributed by atoms with E-state index in [4.69, 9.17) is 30.2 Å². The first-order valence-corrected chi connectivity index (χ1v) is 6.24. The third-order valence-corrected chi connectivity index (χ3v) is 2.55. The van der Waals surface area contributed by atoms with Gasteiger partial charge in [-0.3, -0.25) is 0 Å². The summed E-state index contributed by atoms with van der Waals surface area (Å²) in [5.74, 6) is -1.98.